The van der Waals surface area contributed by atoms with E-state index >= 15 is 0 Å². The van der Waals surface area contributed by atoms with Gasteiger partial charge in [0, 0.05) is 17.8 Å². The third kappa shape index (κ3) is 4.27. The smallest absolute Gasteiger partial charge is 0.163 e. The highest BCUT2D eigenvalue weighted by Crippen LogP contribution is 2.33. The van der Waals surface area contributed by atoms with Crippen LogP contribution < -0.4 is 14.8 Å². The second-order valence-corrected chi connectivity index (χ2v) is 5.64. The van der Waals surface area contributed by atoms with Gasteiger partial charge in [-0.25, -0.2) is 0 Å². The van der Waals surface area contributed by atoms with E-state index in [0.29, 0.717) is 17.5 Å². The topological polar surface area (TPSA) is 50.7 Å². The van der Waals surface area contributed by atoms with E-state index in [-0.39, 0.29) is 13.2 Å². The second kappa shape index (κ2) is 8.13. The van der Waals surface area contributed by atoms with Crippen molar-refractivity contribution in [2.75, 3.05) is 25.6 Å². The van der Waals surface area contributed by atoms with Crippen molar-refractivity contribution in [3.8, 4) is 11.5 Å². The van der Waals surface area contributed by atoms with Crippen LogP contribution in [0.5, 0.6) is 11.5 Å². The zero-order chi connectivity index (χ0) is 15.1. The average Bonchev–Trinajstić information content (AvgIpc) is 2.53. The Bertz CT molecular complexity index is 436. The molecule has 2 unspecified atom stereocenters. The van der Waals surface area contributed by atoms with Crippen molar-refractivity contribution in [1.29, 1.82) is 0 Å². The maximum absolute atomic E-state index is 8.91. The third-order valence-electron chi connectivity index (χ3n) is 4.30. The van der Waals surface area contributed by atoms with Crippen molar-refractivity contribution in [1.82, 2.24) is 0 Å². The van der Waals surface area contributed by atoms with Crippen molar-refractivity contribution in [2.24, 2.45) is 5.92 Å². The average molecular weight is 293 g/mol. The van der Waals surface area contributed by atoms with Gasteiger partial charge in [-0.15, -0.1) is 0 Å². The van der Waals surface area contributed by atoms with Crippen molar-refractivity contribution in [3.05, 3.63) is 18.2 Å². The van der Waals surface area contributed by atoms with Gasteiger partial charge in [-0.2, -0.15) is 0 Å². The fourth-order valence-electron chi connectivity index (χ4n) is 3.14. The minimum absolute atomic E-state index is 0.00133. The first-order chi connectivity index (χ1) is 10.3. The maximum atomic E-state index is 8.91. The van der Waals surface area contributed by atoms with Gasteiger partial charge < -0.3 is 19.9 Å². The van der Waals surface area contributed by atoms with Gasteiger partial charge in [0.1, 0.15) is 6.61 Å². The lowest BCUT2D eigenvalue weighted by molar-refractivity contribution is 0.196. The standard InChI is InChI=1S/C17H27NO3/c1-3-13-6-4-5-7-15(13)18-14-8-9-16(20-2)17(12-14)21-11-10-19/h8-9,12-13,15,18-19H,3-7,10-11H2,1-2H3. The lowest BCUT2D eigenvalue weighted by Crippen LogP contribution is -2.31. The van der Waals surface area contributed by atoms with Gasteiger partial charge in [0.2, 0.25) is 0 Å². The second-order valence-electron chi connectivity index (χ2n) is 5.64. The molecule has 0 amide bonds. The summed E-state index contributed by atoms with van der Waals surface area (Å²) >= 11 is 0. The Morgan fingerprint density at radius 2 is 2.05 bits per heavy atom. The summed E-state index contributed by atoms with van der Waals surface area (Å²) in [4.78, 5) is 0. The summed E-state index contributed by atoms with van der Waals surface area (Å²) in [5, 5.41) is 12.6. The lowest BCUT2D eigenvalue weighted by atomic mass is 9.83. The molecule has 0 radical (unpaired) electrons. The molecule has 21 heavy (non-hydrogen) atoms. The first-order valence-corrected chi connectivity index (χ1v) is 7.96. The summed E-state index contributed by atoms with van der Waals surface area (Å²) in [7, 11) is 1.63. The first-order valence-electron chi connectivity index (χ1n) is 7.96. The van der Waals surface area contributed by atoms with Crippen molar-refractivity contribution < 1.29 is 14.6 Å². The molecule has 2 N–H and O–H groups in total. The summed E-state index contributed by atoms with van der Waals surface area (Å²) < 4.78 is 10.8. The Kier molecular flexibility index (Phi) is 6.18. The Morgan fingerprint density at radius 1 is 1.24 bits per heavy atom. The molecule has 1 aliphatic carbocycles. The monoisotopic (exact) mass is 293 g/mol. The van der Waals surface area contributed by atoms with E-state index in [2.05, 4.69) is 12.2 Å². The van der Waals surface area contributed by atoms with E-state index in [1.54, 1.807) is 7.11 Å². The van der Waals surface area contributed by atoms with Crippen LogP contribution in [0.3, 0.4) is 0 Å². The highest BCUT2D eigenvalue weighted by Gasteiger charge is 2.23. The Labute approximate surface area is 127 Å². The normalized spacial score (nSPS) is 21.9. The van der Waals surface area contributed by atoms with E-state index in [0.717, 1.165) is 11.6 Å². The number of aliphatic hydroxyl groups is 1. The molecule has 0 bridgehead atoms. The number of hydrogen-bond donors (Lipinski definition) is 2. The summed E-state index contributed by atoms with van der Waals surface area (Å²) in [6.45, 7) is 2.55. The predicted molar refractivity (Wildman–Crippen MR) is 85.2 cm³/mol. The molecule has 0 saturated heterocycles. The number of rotatable bonds is 7. The van der Waals surface area contributed by atoms with Crippen LogP contribution in [0.2, 0.25) is 0 Å². The summed E-state index contributed by atoms with van der Waals surface area (Å²) in [5.41, 5.74) is 1.06. The number of aliphatic hydroxyl groups excluding tert-OH is 1. The Morgan fingerprint density at radius 3 is 2.76 bits per heavy atom. The molecule has 2 rings (SSSR count). The molecular formula is C17H27NO3. The van der Waals surface area contributed by atoms with Crippen LogP contribution in [0.15, 0.2) is 18.2 Å². The van der Waals surface area contributed by atoms with E-state index in [1.807, 2.05) is 18.2 Å². The van der Waals surface area contributed by atoms with E-state index in [4.69, 9.17) is 14.6 Å². The molecule has 0 aromatic heterocycles. The minimum Gasteiger partial charge on any atom is -0.493 e. The molecule has 2 atom stereocenters. The van der Waals surface area contributed by atoms with Gasteiger partial charge in [0.25, 0.3) is 0 Å². The lowest BCUT2D eigenvalue weighted by Gasteiger charge is -2.32. The first kappa shape index (κ1) is 16.0. The van der Waals surface area contributed by atoms with Crippen molar-refractivity contribution in [3.63, 3.8) is 0 Å². The SMILES string of the molecule is CCC1CCCCC1Nc1ccc(OC)c(OCCO)c1. The van der Waals surface area contributed by atoms with Gasteiger partial charge in [-0.3, -0.25) is 0 Å². The van der Waals surface area contributed by atoms with Gasteiger partial charge in [0.05, 0.1) is 13.7 Å². The van der Waals surface area contributed by atoms with Crippen LogP contribution >= 0.6 is 0 Å². The van der Waals surface area contributed by atoms with Crippen LogP contribution in [0, 0.1) is 5.92 Å². The number of ether oxygens (including phenoxy) is 2. The highest BCUT2D eigenvalue weighted by atomic mass is 16.5. The maximum Gasteiger partial charge on any atom is 0.163 e. The molecule has 1 aromatic carbocycles. The molecule has 0 spiro atoms. The van der Waals surface area contributed by atoms with E-state index in [1.165, 1.54) is 32.1 Å². The zero-order valence-corrected chi connectivity index (χ0v) is 13.1. The fourth-order valence-corrected chi connectivity index (χ4v) is 3.14. The van der Waals surface area contributed by atoms with Crippen LogP contribution in [-0.4, -0.2) is 31.5 Å². The molecule has 1 fully saturated rings. The van der Waals surface area contributed by atoms with Gasteiger partial charge in [-0.05, 0) is 30.9 Å². The van der Waals surface area contributed by atoms with Crippen LogP contribution in [0.25, 0.3) is 0 Å². The van der Waals surface area contributed by atoms with E-state index in [9.17, 15) is 0 Å². The number of anilines is 1. The summed E-state index contributed by atoms with van der Waals surface area (Å²) in [6.07, 6.45) is 6.43. The van der Waals surface area contributed by atoms with Gasteiger partial charge >= 0.3 is 0 Å². The largest absolute Gasteiger partial charge is 0.493 e. The molecule has 0 heterocycles. The van der Waals surface area contributed by atoms with Crippen molar-refractivity contribution in [2.45, 2.75) is 45.1 Å². The summed E-state index contributed by atoms with van der Waals surface area (Å²) in [5.74, 6) is 2.13. The molecule has 4 nitrogen and oxygen atoms in total. The van der Waals surface area contributed by atoms with Crippen molar-refractivity contribution >= 4 is 5.69 Å². The van der Waals surface area contributed by atoms with Crippen LogP contribution in [0.4, 0.5) is 5.69 Å². The fraction of sp³-hybridized carbons (Fsp3) is 0.647. The molecular weight excluding hydrogens is 266 g/mol. The number of nitrogens with one attached hydrogen (secondary N) is 1. The van der Waals surface area contributed by atoms with Gasteiger partial charge in [0.15, 0.2) is 11.5 Å². The van der Waals surface area contributed by atoms with Gasteiger partial charge in [-0.1, -0.05) is 26.2 Å². The number of hydrogen-bond acceptors (Lipinski definition) is 4. The number of benzene rings is 1. The minimum atomic E-state index is 0.00133. The Hall–Kier alpha value is -1.42. The van der Waals surface area contributed by atoms with E-state index < -0.39 is 0 Å². The molecule has 0 aliphatic heterocycles. The molecule has 4 heteroatoms. The zero-order valence-electron chi connectivity index (χ0n) is 13.1. The Balaban J connectivity index is 2.08. The molecule has 1 aliphatic rings. The number of methoxy groups -OCH3 is 1. The molecule has 1 saturated carbocycles. The van der Waals surface area contributed by atoms with Crippen LogP contribution in [-0.2, 0) is 0 Å². The molecule has 118 valence electrons. The summed E-state index contributed by atoms with van der Waals surface area (Å²) in [6, 6.07) is 6.46. The van der Waals surface area contributed by atoms with Crippen LogP contribution in [0.1, 0.15) is 39.0 Å². The third-order valence-corrected chi connectivity index (χ3v) is 4.30. The predicted octanol–water partition coefficient (Wildman–Crippen LogP) is 3.45. The quantitative estimate of drug-likeness (QED) is 0.808. The molecule has 1 aromatic rings. The highest BCUT2D eigenvalue weighted by molar-refractivity contribution is 5.55.